The van der Waals surface area contributed by atoms with Crippen LogP contribution in [0.1, 0.15) is 11.3 Å². The number of ether oxygens (including phenoxy) is 1. The fourth-order valence-electron chi connectivity index (χ4n) is 2.69. The molecular formula is C21H20N4O4S. The van der Waals surface area contributed by atoms with Gasteiger partial charge in [-0.25, -0.2) is 9.97 Å². The summed E-state index contributed by atoms with van der Waals surface area (Å²) in [5, 5.41) is 14.3. The summed E-state index contributed by atoms with van der Waals surface area (Å²) in [5.74, 6) is -0.0406. The van der Waals surface area contributed by atoms with Crippen molar-refractivity contribution >= 4 is 29.0 Å². The van der Waals surface area contributed by atoms with Crippen molar-refractivity contribution in [3.63, 3.8) is 0 Å². The minimum Gasteiger partial charge on any atom is -0.496 e. The second-order valence-electron chi connectivity index (χ2n) is 6.52. The van der Waals surface area contributed by atoms with Gasteiger partial charge in [-0.05, 0) is 32.0 Å². The second-order valence-corrected chi connectivity index (χ2v) is 7.46. The predicted molar refractivity (Wildman–Crippen MR) is 116 cm³/mol. The van der Waals surface area contributed by atoms with Crippen molar-refractivity contribution in [3.8, 4) is 17.0 Å². The SMILES string of the molecule is COc1ccc(NC(=O)CSc2nc(C)cc(-c3ccc(C)cc3)n2)c([N+](=O)[O-])c1. The smallest absolute Gasteiger partial charge is 0.296 e. The maximum atomic E-state index is 12.4. The molecule has 0 aliphatic carbocycles. The molecule has 3 aromatic rings. The lowest BCUT2D eigenvalue weighted by Crippen LogP contribution is -2.15. The number of aryl methyl sites for hydroxylation is 2. The molecule has 0 atom stereocenters. The fraction of sp³-hybridized carbons (Fsp3) is 0.190. The first kappa shape index (κ1) is 21.3. The second kappa shape index (κ2) is 9.36. The number of nitro groups is 1. The van der Waals surface area contributed by atoms with Crippen LogP contribution in [0.15, 0.2) is 53.7 Å². The van der Waals surface area contributed by atoms with Crippen molar-refractivity contribution in [2.45, 2.75) is 19.0 Å². The average Bonchev–Trinajstić information content (AvgIpc) is 2.72. The van der Waals surface area contributed by atoms with Gasteiger partial charge in [-0.1, -0.05) is 41.6 Å². The average molecular weight is 424 g/mol. The van der Waals surface area contributed by atoms with E-state index in [4.69, 9.17) is 4.74 Å². The number of nitrogens with one attached hydrogen (secondary N) is 1. The number of nitro benzene ring substituents is 1. The van der Waals surface area contributed by atoms with Gasteiger partial charge in [0.1, 0.15) is 11.4 Å². The first-order chi connectivity index (χ1) is 14.4. The number of thioether (sulfide) groups is 1. The van der Waals surface area contributed by atoms with Crippen LogP contribution >= 0.6 is 11.8 Å². The minimum atomic E-state index is -0.567. The van der Waals surface area contributed by atoms with Gasteiger partial charge in [0.2, 0.25) is 5.91 Å². The van der Waals surface area contributed by atoms with Gasteiger partial charge in [0.25, 0.3) is 5.69 Å². The van der Waals surface area contributed by atoms with Gasteiger partial charge in [-0.3, -0.25) is 14.9 Å². The van der Waals surface area contributed by atoms with E-state index in [-0.39, 0.29) is 17.1 Å². The van der Waals surface area contributed by atoms with Crippen molar-refractivity contribution in [2.75, 3.05) is 18.2 Å². The van der Waals surface area contributed by atoms with E-state index in [2.05, 4.69) is 15.3 Å². The van der Waals surface area contributed by atoms with Crippen LogP contribution in [0, 0.1) is 24.0 Å². The Kier molecular flexibility index (Phi) is 6.63. The molecule has 1 heterocycles. The molecule has 1 N–H and O–H groups in total. The molecule has 154 valence electrons. The van der Waals surface area contributed by atoms with Gasteiger partial charge in [0.05, 0.1) is 29.5 Å². The topological polar surface area (TPSA) is 107 Å². The molecule has 0 radical (unpaired) electrons. The van der Waals surface area contributed by atoms with Gasteiger partial charge in [-0.2, -0.15) is 0 Å². The molecule has 0 fully saturated rings. The standard InChI is InChI=1S/C21H20N4O4S/c1-13-4-6-15(7-5-13)18-10-14(2)22-21(24-18)30-12-20(26)23-17-9-8-16(29-3)11-19(17)25(27)28/h4-11H,12H2,1-3H3,(H,23,26). The van der Waals surface area contributed by atoms with Gasteiger partial charge >= 0.3 is 0 Å². The zero-order valence-corrected chi connectivity index (χ0v) is 17.5. The number of methoxy groups -OCH3 is 1. The zero-order chi connectivity index (χ0) is 21.7. The Morgan fingerprint density at radius 3 is 2.53 bits per heavy atom. The van der Waals surface area contributed by atoms with E-state index in [9.17, 15) is 14.9 Å². The van der Waals surface area contributed by atoms with Crippen LogP contribution in [0.2, 0.25) is 0 Å². The van der Waals surface area contributed by atoms with E-state index in [1.54, 1.807) is 6.07 Å². The van der Waals surface area contributed by atoms with Crippen LogP contribution in [-0.4, -0.2) is 33.7 Å². The molecule has 0 aliphatic heterocycles. The largest absolute Gasteiger partial charge is 0.496 e. The number of hydrogen-bond acceptors (Lipinski definition) is 7. The first-order valence-electron chi connectivity index (χ1n) is 9.03. The van der Waals surface area contributed by atoms with Crippen LogP contribution < -0.4 is 10.1 Å². The quantitative estimate of drug-likeness (QED) is 0.259. The van der Waals surface area contributed by atoms with Crippen LogP contribution in [0.5, 0.6) is 5.75 Å². The van der Waals surface area contributed by atoms with Gasteiger partial charge in [0.15, 0.2) is 5.16 Å². The molecule has 30 heavy (non-hydrogen) atoms. The molecule has 3 rings (SSSR count). The van der Waals surface area contributed by atoms with Crippen LogP contribution in [-0.2, 0) is 4.79 Å². The Bertz CT molecular complexity index is 1090. The van der Waals surface area contributed by atoms with Gasteiger partial charge < -0.3 is 10.1 Å². The molecule has 0 bridgehead atoms. The van der Waals surface area contributed by atoms with E-state index in [0.717, 1.165) is 22.5 Å². The number of aromatic nitrogens is 2. The molecule has 1 aromatic heterocycles. The summed E-state index contributed by atoms with van der Waals surface area (Å²) < 4.78 is 5.00. The predicted octanol–water partition coefficient (Wildman–Crippen LogP) is 4.41. The Morgan fingerprint density at radius 1 is 1.13 bits per heavy atom. The summed E-state index contributed by atoms with van der Waals surface area (Å²) >= 11 is 1.17. The summed E-state index contributed by atoms with van der Waals surface area (Å²) in [5.41, 5.74) is 3.55. The number of amides is 1. The molecule has 8 nitrogen and oxygen atoms in total. The van der Waals surface area contributed by atoms with Gasteiger partial charge in [-0.15, -0.1) is 0 Å². The Labute approximate surface area is 177 Å². The minimum absolute atomic E-state index is 0.0139. The molecule has 9 heteroatoms. The third kappa shape index (κ3) is 5.32. The Balaban J connectivity index is 1.71. The van der Waals surface area contributed by atoms with Crippen LogP contribution in [0.25, 0.3) is 11.3 Å². The highest BCUT2D eigenvalue weighted by atomic mass is 32.2. The fourth-order valence-corrected chi connectivity index (χ4v) is 3.39. The summed E-state index contributed by atoms with van der Waals surface area (Å²) in [7, 11) is 1.42. The molecule has 2 aromatic carbocycles. The highest BCUT2D eigenvalue weighted by molar-refractivity contribution is 7.99. The summed E-state index contributed by atoms with van der Waals surface area (Å²) in [6.07, 6.45) is 0. The maximum absolute atomic E-state index is 12.4. The lowest BCUT2D eigenvalue weighted by atomic mass is 10.1. The molecule has 0 aliphatic rings. The highest BCUT2D eigenvalue weighted by Gasteiger charge is 2.17. The van der Waals surface area contributed by atoms with Crippen LogP contribution in [0.4, 0.5) is 11.4 Å². The lowest BCUT2D eigenvalue weighted by Gasteiger charge is -2.08. The van der Waals surface area contributed by atoms with E-state index in [0.29, 0.717) is 10.9 Å². The number of benzene rings is 2. The number of anilines is 1. The maximum Gasteiger partial charge on any atom is 0.296 e. The number of nitrogens with zero attached hydrogens (tertiary/aromatic N) is 3. The summed E-state index contributed by atoms with van der Waals surface area (Å²) in [6, 6.07) is 14.1. The number of rotatable bonds is 7. The number of hydrogen-bond donors (Lipinski definition) is 1. The number of carbonyl (C=O) groups excluding carboxylic acids is 1. The van der Waals surface area contributed by atoms with Crippen molar-refractivity contribution < 1.29 is 14.5 Å². The van der Waals surface area contributed by atoms with E-state index in [1.165, 1.54) is 31.0 Å². The monoisotopic (exact) mass is 424 g/mol. The van der Waals surface area contributed by atoms with E-state index >= 15 is 0 Å². The van der Waals surface area contributed by atoms with Gasteiger partial charge in [0, 0.05) is 11.3 Å². The lowest BCUT2D eigenvalue weighted by molar-refractivity contribution is -0.384. The van der Waals surface area contributed by atoms with Crippen molar-refractivity contribution in [2.24, 2.45) is 0 Å². The van der Waals surface area contributed by atoms with E-state index < -0.39 is 10.8 Å². The van der Waals surface area contributed by atoms with Crippen LogP contribution in [0.3, 0.4) is 0 Å². The summed E-state index contributed by atoms with van der Waals surface area (Å²) in [4.78, 5) is 31.9. The highest BCUT2D eigenvalue weighted by Crippen LogP contribution is 2.29. The van der Waals surface area contributed by atoms with Crippen molar-refractivity contribution in [3.05, 3.63) is 69.9 Å². The molecule has 0 saturated heterocycles. The first-order valence-corrected chi connectivity index (χ1v) is 10.0. The summed E-state index contributed by atoms with van der Waals surface area (Å²) in [6.45, 7) is 3.88. The molecule has 1 amide bonds. The molecule has 0 unspecified atom stereocenters. The van der Waals surface area contributed by atoms with E-state index in [1.807, 2.05) is 44.2 Å². The van der Waals surface area contributed by atoms with Crippen molar-refractivity contribution in [1.82, 2.24) is 9.97 Å². The Hall–Kier alpha value is -3.46. The van der Waals surface area contributed by atoms with Crippen molar-refractivity contribution in [1.29, 1.82) is 0 Å². The molecule has 0 saturated carbocycles. The molecule has 0 spiro atoms. The zero-order valence-electron chi connectivity index (χ0n) is 16.7. The third-order valence-electron chi connectivity index (χ3n) is 4.19. The Morgan fingerprint density at radius 2 is 1.87 bits per heavy atom. The third-order valence-corrected chi connectivity index (χ3v) is 5.04. The molecular weight excluding hydrogens is 404 g/mol. The number of carbonyl (C=O) groups is 1. The normalized spacial score (nSPS) is 10.5.